The van der Waals surface area contributed by atoms with Crippen LogP contribution in [0.5, 0.6) is 5.75 Å². The first kappa shape index (κ1) is 26.3. The van der Waals surface area contributed by atoms with Crippen molar-refractivity contribution < 1.29 is 45.4 Å². The van der Waals surface area contributed by atoms with E-state index in [2.05, 4.69) is 20.4 Å². The first-order valence-corrected chi connectivity index (χ1v) is 10.3. The van der Waals surface area contributed by atoms with Crippen LogP contribution in [0.2, 0.25) is 0 Å². The minimum Gasteiger partial charge on any atom is -0.434 e. The van der Waals surface area contributed by atoms with Crippen LogP contribution in [0, 0.1) is 11.7 Å². The zero-order chi connectivity index (χ0) is 26.1. The van der Waals surface area contributed by atoms with Crippen molar-refractivity contribution in [3.05, 3.63) is 53.6 Å². The van der Waals surface area contributed by atoms with Crippen LogP contribution < -0.4 is 15.4 Å². The summed E-state index contributed by atoms with van der Waals surface area (Å²) in [5.74, 6) is -6.21. The van der Waals surface area contributed by atoms with Gasteiger partial charge in [0.1, 0.15) is 23.4 Å². The number of anilines is 1. The molecule has 1 aromatic carbocycles. The number of nitrogens with one attached hydrogen (secondary N) is 2. The fourth-order valence-electron chi connectivity index (χ4n) is 3.98. The van der Waals surface area contributed by atoms with E-state index in [1.807, 2.05) is 0 Å². The van der Waals surface area contributed by atoms with E-state index in [-0.39, 0.29) is 16.9 Å². The quantitative estimate of drug-likeness (QED) is 0.573. The Balaban J connectivity index is 2.04. The number of pyridine rings is 1. The SMILES string of the molecule is CNC(=O)c1cc(NC(=O)[C@H]2O[C@@](C)(C(F)(F)F)[C@H](C)[C@@H]2c2ccc(F)cc2OC(F)F)ccn1. The maximum absolute atomic E-state index is 14.0. The molecule has 1 saturated heterocycles. The largest absolute Gasteiger partial charge is 0.434 e. The summed E-state index contributed by atoms with van der Waals surface area (Å²) in [7, 11) is 1.35. The predicted octanol–water partition coefficient (Wildman–Crippen LogP) is 4.26. The Kier molecular flexibility index (Phi) is 7.29. The van der Waals surface area contributed by atoms with Crippen LogP contribution in [0.25, 0.3) is 0 Å². The molecule has 13 heteroatoms. The molecular weight excluding hydrogens is 484 g/mol. The second-order valence-electron chi connectivity index (χ2n) is 8.02. The minimum absolute atomic E-state index is 0.0300. The van der Waals surface area contributed by atoms with Crippen molar-refractivity contribution in [2.45, 2.75) is 44.3 Å². The summed E-state index contributed by atoms with van der Waals surface area (Å²) < 4.78 is 91.2. The Morgan fingerprint density at radius 3 is 2.49 bits per heavy atom. The van der Waals surface area contributed by atoms with Crippen molar-refractivity contribution >= 4 is 17.5 Å². The molecule has 1 aliphatic heterocycles. The van der Waals surface area contributed by atoms with Gasteiger partial charge >= 0.3 is 12.8 Å². The number of nitrogens with zero attached hydrogens (tertiary/aromatic N) is 1. The number of ether oxygens (including phenoxy) is 2. The van der Waals surface area contributed by atoms with E-state index in [0.717, 1.165) is 26.0 Å². The summed E-state index contributed by atoms with van der Waals surface area (Å²) >= 11 is 0. The summed E-state index contributed by atoms with van der Waals surface area (Å²) in [6, 6.07) is 4.93. The summed E-state index contributed by atoms with van der Waals surface area (Å²) in [6.07, 6.45) is -5.57. The fourth-order valence-corrected chi connectivity index (χ4v) is 3.98. The maximum Gasteiger partial charge on any atom is 0.417 e. The van der Waals surface area contributed by atoms with Crippen LogP contribution in [0.3, 0.4) is 0 Å². The first-order valence-electron chi connectivity index (χ1n) is 10.3. The van der Waals surface area contributed by atoms with Crippen LogP contribution in [0.1, 0.15) is 35.8 Å². The van der Waals surface area contributed by atoms with Gasteiger partial charge in [0.05, 0.1) is 0 Å². The monoisotopic (exact) mass is 505 g/mol. The molecule has 1 fully saturated rings. The molecule has 0 radical (unpaired) electrons. The molecule has 0 aliphatic carbocycles. The van der Waals surface area contributed by atoms with Crippen LogP contribution in [-0.4, -0.2) is 48.3 Å². The molecule has 1 aromatic heterocycles. The number of benzene rings is 1. The Morgan fingerprint density at radius 1 is 1.20 bits per heavy atom. The van der Waals surface area contributed by atoms with Gasteiger partial charge in [0.25, 0.3) is 11.8 Å². The number of aromatic nitrogens is 1. The molecule has 7 nitrogen and oxygen atoms in total. The first-order chi connectivity index (χ1) is 16.3. The molecule has 190 valence electrons. The number of halogens is 6. The summed E-state index contributed by atoms with van der Waals surface area (Å²) in [5.41, 5.74) is -3.15. The van der Waals surface area contributed by atoms with E-state index in [1.54, 1.807) is 0 Å². The number of amides is 2. The molecule has 4 atom stereocenters. The van der Waals surface area contributed by atoms with Crippen LogP contribution in [0.15, 0.2) is 36.5 Å². The van der Waals surface area contributed by atoms with E-state index in [9.17, 15) is 35.9 Å². The van der Waals surface area contributed by atoms with Crippen molar-refractivity contribution in [1.82, 2.24) is 10.3 Å². The van der Waals surface area contributed by atoms with Crippen molar-refractivity contribution in [3.63, 3.8) is 0 Å². The molecule has 2 amide bonds. The zero-order valence-corrected chi connectivity index (χ0v) is 18.6. The normalized spacial score (nSPS) is 24.3. The predicted molar refractivity (Wildman–Crippen MR) is 111 cm³/mol. The van der Waals surface area contributed by atoms with Gasteiger partial charge in [-0.3, -0.25) is 14.6 Å². The molecular formula is C22H21F6N3O4. The smallest absolute Gasteiger partial charge is 0.417 e. The second-order valence-corrected chi connectivity index (χ2v) is 8.02. The lowest BCUT2D eigenvalue weighted by Gasteiger charge is -2.32. The molecule has 2 aromatic rings. The summed E-state index contributed by atoms with van der Waals surface area (Å²) in [6.45, 7) is -1.50. The Morgan fingerprint density at radius 2 is 1.89 bits per heavy atom. The van der Waals surface area contributed by atoms with Gasteiger partial charge in [-0.25, -0.2) is 4.39 Å². The molecule has 1 aliphatic rings. The molecule has 0 bridgehead atoms. The topological polar surface area (TPSA) is 89.6 Å². The number of hydrogen-bond donors (Lipinski definition) is 2. The summed E-state index contributed by atoms with van der Waals surface area (Å²) in [4.78, 5) is 28.7. The van der Waals surface area contributed by atoms with Gasteiger partial charge in [0, 0.05) is 42.4 Å². The average molecular weight is 505 g/mol. The van der Waals surface area contributed by atoms with Crippen molar-refractivity contribution in [2.24, 2.45) is 5.92 Å². The van der Waals surface area contributed by atoms with Crippen molar-refractivity contribution in [3.8, 4) is 5.75 Å². The van der Waals surface area contributed by atoms with Crippen molar-refractivity contribution in [2.75, 3.05) is 12.4 Å². The number of hydrogen-bond acceptors (Lipinski definition) is 5. The van der Waals surface area contributed by atoms with E-state index >= 15 is 0 Å². The van der Waals surface area contributed by atoms with Crippen LogP contribution >= 0.6 is 0 Å². The number of rotatable bonds is 6. The highest BCUT2D eigenvalue weighted by Gasteiger charge is 2.65. The zero-order valence-electron chi connectivity index (χ0n) is 18.6. The van der Waals surface area contributed by atoms with Gasteiger partial charge in [0.2, 0.25) is 0 Å². The van der Waals surface area contributed by atoms with Gasteiger partial charge in [0.15, 0.2) is 5.60 Å². The third kappa shape index (κ3) is 5.19. The van der Waals surface area contributed by atoms with Gasteiger partial charge < -0.3 is 20.1 Å². The highest BCUT2D eigenvalue weighted by atomic mass is 19.4. The second kappa shape index (κ2) is 9.72. The van der Waals surface area contributed by atoms with Crippen molar-refractivity contribution in [1.29, 1.82) is 0 Å². The molecule has 2 heterocycles. The highest BCUT2D eigenvalue weighted by molar-refractivity contribution is 5.97. The van der Waals surface area contributed by atoms with Gasteiger partial charge in [-0.15, -0.1) is 0 Å². The van der Waals surface area contributed by atoms with Gasteiger partial charge in [-0.1, -0.05) is 13.0 Å². The third-order valence-electron chi connectivity index (χ3n) is 5.96. The fraction of sp³-hybridized carbons (Fsp3) is 0.409. The highest BCUT2D eigenvalue weighted by Crippen LogP contribution is 2.54. The Hall–Kier alpha value is -3.35. The number of carbonyl (C=O) groups excluding carboxylic acids is 2. The molecule has 2 N–H and O–H groups in total. The van der Waals surface area contributed by atoms with E-state index < -0.39 is 59.7 Å². The average Bonchev–Trinajstić information content (AvgIpc) is 3.05. The lowest BCUT2D eigenvalue weighted by molar-refractivity contribution is -0.272. The van der Waals surface area contributed by atoms with E-state index in [4.69, 9.17) is 4.74 Å². The molecule has 3 rings (SSSR count). The number of carbonyl (C=O) groups is 2. The Bertz CT molecular complexity index is 1110. The molecule has 0 unspecified atom stereocenters. The summed E-state index contributed by atoms with van der Waals surface area (Å²) in [5, 5.41) is 4.71. The standard InChI is InChI=1S/C22H21F6N3O4/c1-10-16(13-5-4-11(23)8-15(13)34-20(24)25)17(35-21(10,2)22(26,27)28)19(33)31-12-6-7-30-14(9-12)18(32)29-3/h4-10,16-17,20H,1-3H3,(H,29,32)(H,30,31,33)/t10-,16-,17+,21-/m1/s1. The lowest BCUT2D eigenvalue weighted by atomic mass is 9.77. The van der Waals surface area contributed by atoms with Gasteiger partial charge in [-0.2, -0.15) is 22.0 Å². The molecule has 35 heavy (non-hydrogen) atoms. The van der Waals surface area contributed by atoms with Gasteiger partial charge in [-0.05, 0) is 25.1 Å². The maximum atomic E-state index is 14.0. The van der Waals surface area contributed by atoms with E-state index in [1.165, 1.54) is 25.4 Å². The number of alkyl halides is 5. The molecule has 0 spiro atoms. The van der Waals surface area contributed by atoms with E-state index in [0.29, 0.717) is 6.07 Å². The molecule has 0 saturated carbocycles. The lowest BCUT2D eigenvalue weighted by Crippen LogP contribution is -2.47. The van der Waals surface area contributed by atoms with Crippen LogP contribution in [0.4, 0.5) is 32.0 Å². The Labute approximate surface area is 195 Å². The van der Waals surface area contributed by atoms with Crippen LogP contribution in [-0.2, 0) is 9.53 Å². The minimum atomic E-state index is -4.94. The third-order valence-corrected chi connectivity index (χ3v) is 5.96.